The standard InChI is InChI=1S/C17H31N5/c1-14-19-13-16(20(14)3)17(12-18-2)22-10-8-21(9-11-22)15-6-4-5-7-15/h13,15,17-18H,4-12H2,1-3H3. The van der Waals surface area contributed by atoms with Crippen LogP contribution in [-0.2, 0) is 7.05 Å². The number of likely N-dealkylation sites (N-methyl/N-ethyl adjacent to an activating group) is 1. The third kappa shape index (κ3) is 3.21. The Bertz CT molecular complexity index is 469. The Kier molecular flexibility index (Phi) is 5.16. The molecule has 22 heavy (non-hydrogen) atoms. The quantitative estimate of drug-likeness (QED) is 0.895. The summed E-state index contributed by atoms with van der Waals surface area (Å²) in [5.41, 5.74) is 1.33. The number of piperazine rings is 1. The van der Waals surface area contributed by atoms with Crippen LogP contribution in [0.1, 0.15) is 43.2 Å². The molecule has 1 aromatic heterocycles. The fourth-order valence-electron chi connectivity index (χ4n) is 4.13. The van der Waals surface area contributed by atoms with Gasteiger partial charge >= 0.3 is 0 Å². The van der Waals surface area contributed by atoms with Crippen molar-refractivity contribution in [3.8, 4) is 0 Å². The molecule has 1 aromatic rings. The van der Waals surface area contributed by atoms with Gasteiger partial charge in [0.15, 0.2) is 0 Å². The SMILES string of the molecule is CNCC(c1cnc(C)n1C)N1CCN(C2CCCC2)CC1. The molecule has 5 heteroatoms. The summed E-state index contributed by atoms with van der Waals surface area (Å²) in [4.78, 5) is 9.86. The first-order chi connectivity index (χ1) is 10.7. The van der Waals surface area contributed by atoms with E-state index in [9.17, 15) is 0 Å². The van der Waals surface area contributed by atoms with Gasteiger partial charge in [-0.3, -0.25) is 9.80 Å². The first kappa shape index (κ1) is 16.0. The summed E-state index contributed by atoms with van der Waals surface area (Å²) in [7, 11) is 4.18. The van der Waals surface area contributed by atoms with Crippen molar-refractivity contribution < 1.29 is 0 Å². The first-order valence-corrected chi connectivity index (χ1v) is 8.81. The predicted octanol–water partition coefficient (Wildman–Crippen LogP) is 1.55. The molecule has 0 bridgehead atoms. The lowest BCUT2D eigenvalue weighted by Gasteiger charge is -2.41. The van der Waals surface area contributed by atoms with Crippen molar-refractivity contribution in [3.63, 3.8) is 0 Å². The fraction of sp³-hybridized carbons (Fsp3) is 0.824. The number of aromatic nitrogens is 2. The molecule has 2 aliphatic rings. The fourth-order valence-corrected chi connectivity index (χ4v) is 4.13. The summed E-state index contributed by atoms with van der Waals surface area (Å²) < 4.78 is 2.24. The van der Waals surface area contributed by atoms with Crippen LogP contribution in [0.25, 0.3) is 0 Å². The van der Waals surface area contributed by atoms with E-state index in [0.717, 1.165) is 18.4 Å². The van der Waals surface area contributed by atoms with Gasteiger partial charge in [-0.2, -0.15) is 0 Å². The summed E-state index contributed by atoms with van der Waals surface area (Å²) in [6.45, 7) is 7.87. The third-order valence-corrected chi connectivity index (χ3v) is 5.63. The maximum atomic E-state index is 4.49. The van der Waals surface area contributed by atoms with Crippen molar-refractivity contribution in [2.24, 2.45) is 7.05 Å². The monoisotopic (exact) mass is 305 g/mol. The molecule has 0 radical (unpaired) electrons. The molecular weight excluding hydrogens is 274 g/mol. The van der Waals surface area contributed by atoms with E-state index in [4.69, 9.17) is 0 Å². The minimum Gasteiger partial charge on any atom is -0.334 e. The molecule has 1 aliphatic carbocycles. The average Bonchev–Trinajstić information content (AvgIpc) is 3.18. The molecule has 0 amide bonds. The predicted molar refractivity (Wildman–Crippen MR) is 90.0 cm³/mol. The molecule has 0 spiro atoms. The summed E-state index contributed by atoms with van der Waals surface area (Å²) in [6, 6.07) is 1.30. The number of nitrogens with one attached hydrogen (secondary N) is 1. The van der Waals surface area contributed by atoms with Crippen LogP contribution in [-0.4, -0.2) is 65.2 Å². The van der Waals surface area contributed by atoms with Crippen molar-refractivity contribution in [3.05, 3.63) is 17.7 Å². The number of aryl methyl sites for hydroxylation is 1. The largest absolute Gasteiger partial charge is 0.334 e. The number of rotatable bonds is 5. The minimum atomic E-state index is 0.432. The maximum Gasteiger partial charge on any atom is 0.105 e. The van der Waals surface area contributed by atoms with E-state index in [-0.39, 0.29) is 0 Å². The van der Waals surface area contributed by atoms with Crippen LogP contribution in [0.4, 0.5) is 0 Å². The van der Waals surface area contributed by atoms with Crippen LogP contribution in [0.5, 0.6) is 0 Å². The summed E-state index contributed by atoms with van der Waals surface area (Å²) >= 11 is 0. The molecule has 1 N–H and O–H groups in total. The molecule has 1 unspecified atom stereocenters. The highest BCUT2D eigenvalue weighted by atomic mass is 15.3. The molecule has 124 valence electrons. The number of imidazole rings is 1. The summed E-state index contributed by atoms with van der Waals surface area (Å²) in [6.07, 6.45) is 7.76. The Labute approximate surface area is 134 Å². The van der Waals surface area contributed by atoms with E-state index in [1.54, 1.807) is 0 Å². The van der Waals surface area contributed by atoms with Crippen molar-refractivity contribution in [1.82, 2.24) is 24.7 Å². The van der Waals surface area contributed by atoms with Crippen molar-refractivity contribution in [1.29, 1.82) is 0 Å². The van der Waals surface area contributed by atoms with Gasteiger partial charge in [-0.15, -0.1) is 0 Å². The van der Waals surface area contributed by atoms with Gasteiger partial charge in [0.25, 0.3) is 0 Å². The van der Waals surface area contributed by atoms with Crippen LogP contribution in [0, 0.1) is 6.92 Å². The highest BCUT2D eigenvalue weighted by Gasteiger charge is 2.30. The van der Waals surface area contributed by atoms with E-state index in [1.807, 2.05) is 7.05 Å². The van der Waals surface area contributed by atoms with Gasteiger partial charge in [0.1, 0.15) is 5.82 Å². The second kappa shape index (κ2) is 7.11. The lowest BCUT2D eigenvalue weighted by molar-refractivity contribution is 0.0681. The Morgan fingerprint density at radius 1 is 1.23 bits per heavy atom. The first-order valence-electron chi connectivity index (χ1n) is 8.81. The van der Waals surface area contributed by atoms with E-state index in [0.29, 0.717) is 6.04 Å². The molecule has 1 atom stereocenters. The van der Waals surface area contributed by atoms with Gasteiger partial charge < -0.3 is 9.88 Å². The van der Waals surface area contributed by atoms with E-state index >= 15 is 0 Å². The van der Waals surface area contributed by atoms with Crippen molar-refractivity contribution >= 4 is 0 Å². The van der Waals surface area contributed by atoms with E-state index in [1.165, 1.54) is 57.6 Å². The lowest BCUT2D eigenvalue weighted by Crippen LogP contribution is -2.52. The van der Waals surface area contributed by atoms with Crippen molar-refractivity contribution in [2.45, 2.75) is 44.7 Å². The molecule has 1 aliphatic heterocycles. The zero-order chi connectivity index (χ0) is 15.5. The molecule has 2 heterocycles. The van der Waals surface area contributed by atoms with Gasteiger partial charge in [0, 0.05) is 45.8 Å². The summed E-state index contributed by atoms with van der Waals surface area (Å²) in [5, 5.41) is 3.37. The van der Waals surface area contributed by atoms with Crippen molar-refractivity contribution in [2.75, 3.05) is 39.8 Å². The van der Waals surface area contributed by atoms with Crippen LogP contribution >= 0.6 is 0 Å². The van der Waals surface area contributed by atoms with Gasteiger partial charge in [-0.25, -0.2) is 4.98 Å². The van der Waals surface area contributed by atoms with Gasteiger partial charge in [0.05, 0.1) is 17.9 Å². The smallest absolute Gasteiger partial charge is 0.105 e. The Morgan fingerprint density at radius 2 is 1.91 bits per heavy atom. The third-order valence-electron chi connectivity index (χ3n) is 5.63. The molecule has 5 nitrogen and oxygen atoms in total. The molecule has 3 rings (SSSR count). The van der Waals surface area contributed by atoms with Crippen LogP contribution in [0.15, 0.2) is 6.20 Å². The maximum absolute atomic E-state index is 4.49. The molecule has 2 fully saturated rings. The number of hydrogen-bond donors (Lipinski definition) is 1. The Morgan fingerprint density at radius 3 is 2.45 bits per heavy atom. The van der Waals surface area contributed by atoms with Crippen LogP contribution in [0.2, 0.25) is 0 Å². The second-order valence-electron chi connectivity index (χ2n) is 6.87. The van der Waals surface area contributed by atoms with E-state index < -0.39 is 0 Å². The van der Waals surface area contributed by atoms with Gasteiger partial charge in [-0.1, -0.05) is 12.8 Å². The summed E-state index contributed by atoms with van der Waals surface area (Å²) in [5.74, 6) is 1.10. The average molecular weight is 305 g/mol. The second-order valence-corrected chi connectivity index (χ2v) is 6.87. The molecular formula is C17H31N5. The van der Waals surface area contributed by atoms with Crippen LogP contribution in [0.3, 0.4) is 0 Å². The zero-order valence-corrected chi connectivity index (χ0v) is 14.4. The Balaban J connectivity index is 1.65. The zero-order valence-electron chi connectivity index (χ0n) is 14.4. The molecule has 1 saturated heterocycles. The number of hydrogen-bond acceptors (Lipinski definition) is 4. The van der Waals surface area contributed by atoms with Gasteiger partial charge in [0.2, 0.25) is 0 Å². The van der Waals surface area contributed by atoms with Gasteiger partial charge in [-0.05, 0) is 26.8 Å². The minimum absolute atomic E-state index is 0.432. The molecule has 0 aromatic carbocycles. The lowest BCUT2D eigenvalue weighted by atomic mass is 10.1. The van der Waals surface area contributed by atoms with Crippen LogP contribution < -0.4 is 5.32 Å². The topological polar surface area (TPSA) is 36.3 Å². The Hall–Kier alpha value is -0.910. The molecule has 1 saturated carbocycles. The highest BCUT2D eigenvalue weighted by molar-refractivity contribution is 5.10. The van der Waals surface area contributed by atoms with E-state index in [2.05, 4.69) is 44.8 Å². The number of nitrogens with zero attached hydrogens (tertiary/aromatic N) is 4. The highest BCUT2D eigenvalue weighted by Crippen LogP contribution is 2.27. The normalized spacial score (nSPS) is 23.2.